The van der Waals surface area contributed by atoms with Crippen LogP contribution in [0.1, 0.15) is 41.5 Å². The van der Waals surface area contributed by atoms with E-state index in [2.05, 4.69) is 0 Å². The standard InChI is InChI=1S/C9H21NO2.C2H6/c1-8(2)11-7-9(3,4)12-6-5-10;1-2/h8H,5-7,10H2,1-4H3;1-2H3. The summed E-state index contributed by atoms with van der Waals surface area (Å²) in [6.07, 6.45) is 0.255. The molecule has 0 aromatic rings. The highest BCUT2D eigenvalue weighted by Gasteiger charge is 2.18. The Kier molecular flexibility index (Phi) is 11.0. The van der Waals surface area contributed by atoms with Crippen LogP contribution < -0.4 is 5.73 Å². The molecule has 0 aromatic carbocycles. The van der Waals surface area contributed by atoms with E-state index < -0.39 is 0 Å². The van der Waals surface area contributed by atoms with Crippen LogP contribution in [0.25, 0.3) is 0 Å². The SMILES string of the molecule is CC.CC(C)OCC(C)(C)OCCN. The minimum atomic E-state index is -0.219. The van der Waals surface area contributed by atoms with Gasteiger partial charge < -0.3 is 15.2 Å². The van der Waals surface area contributed by atoms with Crippen LogP contribution in [0.2, 0.25) is 0 Å². The van der Waals surface area contributed by atoms with Crippen LogP contribution in [-0.2, 0) is 9.47 Å². The Morgan fingerprint density at radius 1 is 1.21 bits per heavy atom. The quantitative estimate of drug-likeness (QED) is 0.723. The van der Waals surface area contributed by atoms with Gasteiger partial charge >= 0.3 is 0 Å². The summed E-state index contributed by atoms with van der Waals surface area (Å²) < 4.78 is 10.9. The molecule has 0 rings (SSSR count). The van der Waals surface area contributed by atoms with Gasteiger partial charge in [-0.2, -0.15) is 0 Å². The van der Waals surface area contributed by atoms with Crippen LogP contribution in [0.15, 0.2) is 0 Å². The molecule has 0 aliphatic rings. The van der Waals surface area contributed by atoms with Gasteiger partial charge in [0.05, 0.1) is 24.9 Å². The van der Waals surface area contributed by atoms with Gasteiger partial charge in [-0.25, -0.2) is 0 Å². The van der Waals surface area contributed by atoms with Crippen molar-refractivity contribution < 1.29 is 9.47 Å². The minimum Gasteiger partial charge on any atom is -0.376 e. The van der Waals surface area contributed by atoms with Crippen LogP contribution in [0, 0.1) is 0 Å². The normalized spacial score (nSPS) is 11.1. The van der Waals surface area contributed by atoms with Crippen LogP contribution in [0.3, 0.4) is 0 Å². The summed E-state index contributed by atoms with van der Waals surface area (Å²) in [6, 6.07) is 0. The van der Waals surface area contributed by atoms with Crippen molar-refractivity contribution in [3.05, 3.63) is 0 Å². The Balaban J connectivity index is 0. The zero-order valence-corrected chi connectivity index (χ0v) is 10.6. The average molecular weight is 205 g/mol. The zero-order chi connectivity index (χ0) is 11.6. The molecule has 88 valence electrons. The monoisotopic (exact) mass is 205 g/mol. The molecule has 0 bridgehead atoms. The van der Waals surface area contributed by atoms with E-state index in [0.717, 1.165) is 0 Å². The molecule has 0 saturated heterocycles. The molecule has 0 radical (unpaired) electrons. The fourth-order valence-electron chi connectivity index (χ4n) is 0.744. The number of hydrogen-bond donors (Lipinski definition) is 1. The molecular formula is C11H27NO2. The third-order valence-electron chi connectivity index (χ3n) is 1.37. The van der Waals surface area contributed by atoms with E-state index in [1.54, 1.807) is 0 Å². The van der Waals surface area contributed by atoms with Crippen molar-refractivity contribution >= 4 is 0 Å². The molecule has 3 nitrogen and oxygen atoms in total. The number of hydrogen-bond acceptors (Lipinski definition) is 3. The van der Waals surface area contributed by atoms with E-state index in [1.165, 1.54) is 0 Å². The number of nitrogens with two attached hydrogens (primary N) is 1. The van der Waals surface area contributed by atoms with Crippen molar-refractivity contribution in [3.8, 4) is 0 Å². The number of ether oxygens (including phenoxy) is 2. The summed E-state index contributed by atoms with van der Waals surface area (Å²) in [4.78, 5) is 0. The van der Waals surface area contributed by atoms with E-state index in [1.807, 2.05) is 41.5 Å². The van der Waals surface area contributed by atoms with E-state index >= 15 is 0 Å². The second-order valence-electron chi connectivity index (χ2n) is 3.76. The van der Waals surface area contributed by atoms with Crippen LogP contribution in [-0.4, -0.2) is 31.5 Å². The van der Waals surface area contributed by atoms with Crippen LogP contribution in [0.5, 0.6) is 0 Å². The largest absolute Gasteiger partial charge is 0.376 e. The number of rotatable bonds is 6. The van der Waals surface area contributed by atoms with Gasteiger partial charge in [-0.3, -0.25) is 0 Å². The fourth-order valence-corrected chi connectivity index (χ4v) is 0.744. The molecule has 0 heterocycles. The lowest BCUT2D eigenvalue weighted by Crippen LogP contribution is -2.33. The molecule has 14 heavy (non-hydrogen) atoms. The van der Waals surface area contributed by atoms with E-state index in [-0.39, 0.29) is 11.7 Å². The maximum Gasteiger partial charge on any atom is 0.0859 e. The molecule has 0 aliphatic heterocycles. The summed E-state index contributed by atoms with van der Waals surface area (Å²) in [5, 5.41) is 0. The summed E-state index contributed by atoms with van der Waals surface area (Å²) in [5.74, 6) is 0. The zero-order valence-electron chi connectivity index (χ0n) is 10.6. The smallest absolute Gasteiger partial charge is 0.0859 e. The molecule has 3 heteroatoms. The second-order valence-corrected chi connectivity index (χ2v) is 3.76. The van der Waals surface area contributed by atoms with Gasteiger partial charge in [-0.05, 0) is 27.7 Å². The summed E-state index contributed by atoms with van der Waals surface area (Å²) in [6.45, 7) is 13.8. The van der Waals surface area contributed by atoms with Gasteiger partial charge in [0.25, 0.3) is 0 Å². The molecule has 0 aliphatic carbocycles. The average Bonchev–Trinajstić information content (AvgIpc) is 2.15. The van der Waals surface area contributed by atoms with Crippen molar-refractivity contribution in [3.63, 3.8) is 0 Å². The molecular weight excluding hydrogens is 178 g/mol. The molecule has 0 aromatic heterocycles. The predicted molar refractivity (Wildman–Crippen MR) is 61.5 cm³/mol. The van der Waals surface area contributed by atoms with Gasteiger partial charge in [0.15, 0.2) is 0 Å². The minimum absolute atomic E-state index is 0.219. The first-order chi connectivity index (χ1) is 6.48. The predicted octanol–water partition coefficient (Wildman–Crippen LogP) is 2.19. The van der Waals surface area contributed by atoms with Gasteiger partial charge in [-0.1, -0.05) is 13.8 Å². The Labute approximate surface area is 89.0 Å². The molecule has 0 spiro atoms. The summed E-state index contributed by atoms with van der Waals surface area (Å²) >= 11 is 0. The molecule has 2 N–H and O–H groups in total. The topological polar surface area (TPSA) is 44.5 Å². The maximum atomic E-state index is 5.48. The van der Waals surface area contributed by atoms with Gasteiger partial charge in [0.2, 0.25) is 0 Å². The molecule has 0 fully saturated rings. The van der Waals surface area contributed by atoms with Crippen LogP contribution in [0.4, 0.5) is 0 Å². The lowest BCUT2D eigenvalue weighted by molar-refractivity contribution is -0.0855. The third-order valence-corrected chi connectivity index (χ3v) is 1.37. The van der Waals surface area contributed by atoms with Crippen molar-refractivity contribution in [1.82, 2.24) is 0 Å². The lowest BCUT2D eigenvalue weighted by Gasteiger charge is -2.25. The molecule has 0 atom stereocenters. The third kappa shape index (κ3) is 11.9. The lowest BCUT2D eigenvalue weighted by atomic mass is 10.1. The molecule has 0 saturated carbocycles. The Hall–Kier alpha value is -0.120. The highest BCUT2D eigenvalue weighted by atomic mass is 16.5. The van der Waals surface area contributed by atoms with Crippen molar-refractivity contribution in [2.45, 2.75) is 53.2 Å². The van der Waals surface area contributed by atoms with Gasteiger partial charge in [-0.15, -0.1) is 0 Å². The van der Waals surface area contributed by atoms with E-state index in [4.69, 9.17) is 15.2 Å². The van der Waals surface area contributed by atoms with Crippen molar-refractivity contribution in [2.24, 2.45) is 5.73 Å². The highest BCUT2D eigenvalue weighted by molar-refractivity contribution is 4.67. The highest BCUT2D eigenvalue weighted by Crippen LogP contribution is 2.10. The van der Waals surface area contributed by atoms with Gasteiger partial charge in [0, 0.05) is 6.54 Å². The van der Waals surface area contributed by atoms with E-state index in [9.17, 15) is 0 Å². The maximum absolute atomic E-state index is 5.48. The molecule has 0 unspecified atom stereocenters. The summed E-state index contributed by atoms with van der Waals surface area (Å²) in [7, 11) is 0. The Bertz CT molecular complexity index is 114. The van der Waals surface area contributed by atoms with Crippen molar-refractivity contribution in [2.75, 3.05) is 19.8 Å². The first-order valence-corrected chi connectivity index (χ1v) is 5.43. The second kappa shape index (κ2) is 9.44. The Morgan fingerprint density at radius 3 is 2.07 bits per heavy atom. The van der Waals surface area contributed by atoms with Crippen molar-refractivity contribution in [1.29, 1.82) is 0 Å². The first-order valence-electron chi connectivity index (χ1n) is 5.43. The summed E-state index contributed by atoms with van der Waals surface area (Å²) in [5.41, 5.74) is 5.11. The van der Waals surface area contributed by atoms with E-state index in [0.29, 0.717) is 19.8 Å². The Morgan fingerprint density at radius 2 is 1.71 bits per heavy atom. The molecule has 0 amide bonds. The first kappa shape index (κ1) is 16.3. The van der Waals surface area contributed by atoms with Gasteiger partial charge in [0.1, 0.15) is 0 Å². The fraction of sp³-hybridized carbons (Fsp3) is 1.00. The van der Waals surface area contributed by atoms with Crippen LogP contribution >= 0.6 is 0 Å².